The van der Waals surface area contributed by atoms with Crippen molar-refractivity contribution in [2.75, 3.05) is 18.4 Å². The lowest BCUT2D eigenvalue weighted by Crippen LogP contribution is -2.38. The van der Waals surface area contributed by atoms with Gasteiger partial charge in [0.05, 0.1) is 10.9 Å². The van der Waals surface area contributed by atoms with Crippen LogP contribution in [0, 0.1) is 11.8 Å². The normalized spacial score (nSPS) is 25.5. The van der Waals surface area contributed by atoms with Crippen LogP contribution in [-0.4, -0.2) is 25.8 Å². The van der Waals surface area contributed by atoms with E-state index in [4.69, 9.17) is 0 Å². The molecule has 2 heterocycles. The van der Waals surface area contributed by atoms with Crippen molar-refractivity contribution in [1.29, 1.82) is 0 Å². The molecule has 1 fully saturated rings. The number of hydrogen-bond acceptors (Lipinski definition) is 3. The number of piperidine rings is 1. The second-order valence-corrected chi connectivity index (χ2v) is 11.9. The van der Waals surface area contributed by atoms with Crippen molar-refractivity contribution in [1.82, 2.24) is 4.31 Å². The highest BCUT2D eigenvalue weighted by atomic mass is 32.2. The predicted molar refractivity (Wildman–Crippen MR) is 134 cm³/mol. The molecule has 3 atom stereocenters. The molecule has 1 saturated heterocycles. The molecule has 4 nitrogen and oxygen atoms in total. The molecule has 3 aliphatic rings. The SMILES string of the molecule is CC1CCN(S(=O)(=O)c2ccc3c(c2)C2C=CCC2C(c2ccc4ccccc4c2)N3)CC1. The molecule has 2 aliphatic heterocycles. The quantitative estimate of drug-likeness (QED) is 0.484. The molecule has 0 bridgehead atoms. The summed E-state index contributed by atoms with van der Waals surface area (Å²) in [5, 5.41) is 6.27. The first-order valence-electron chi connectivity index (χ1n) is 12.1. The van der Waals surface area contributed by atoms with Crippen LogP contribution in [0.25, 0.3) is 10.8 Å². The Bertz CT molecular complexity index is 1340. The fourth-order valence-electron chi connectivity index (χ4n) is 5.84. The lowest BCUT2D eigenvalue weighted by molar-refractivity contribution is 0.288. The van der Waals surface area contributed by atoms with Crippen molar-refractivity contribution in [3.8, 4) is 0 Å². The Morgan fingerprint density at radius 3 is 2.55 bits per heavy atom. The lowest BCUT2D eigenvalue weighted by Gasteiger charge is -2.38. The monoisotopic (exact) mass is 458 g/mol. The second kappa shape index (κ2) is 8.00. The molecule has 0 saturated carbocycles. The van der Waals surface area contributed by atoms with Gasteiger partial charge in [-0.15, -0.1) is 0 Å². The number of allylic oxidation sites excluding steroid dienone is 2. The van der Waals surface area contributed by atoms with Gasteiger partial charge in [0.15, 0.2) is 0 Å². The number of nitrogens with one attached hydrogen (secondary N) is 1. The van der Waals surface area contributed by atoms with Crippen molar-refractivity contribution < 1.29 is 8.42 Å². The summed E-state index contributed by atoms with van der Waals surface area (Å²) in [6, 6.07) is 21.1. The Balaban J connectivity index is 1.35. The van der Waals surface area contributed by atoms with Gasteiger partial charge in [0.25, 0.3) is 0 Å². The minimum Gasteiger partial charge on any atom is -0.378 e. The van der Waals surface area contributed by atoms with E-state index in [9.17, 15) is 8.42 Å². The molecule has 3 unspecified atom stereocenters. The van der Waals surface area contributed by atoms with E-state index in [1.165, 1.54) is 16.3 Å². The molecule has 0 radical (unpaired) electrons. The van der Waals surface area contributed by atoms with Crippen LogP contribution < -0.4 is 5.32 Å². The zero-order chi connectivity index (χ0) is 22.6. The third-order valence-corrected chi connectivity index (χ3v) is 9.74. The number of anilines is 1. The number of sulfonamides is 1. The van der Waals surface area contributed by atoms with Gasteiger partial charge in [-0.25, -0.2) is 8.42 Å². The maximum Gasteiger partial charge on any atom is 0.243 e. The molecule has 33 heavy (non-hydrogen) atoms. The van der Waals surface area contributed by atoms with Gasteiger partial charge in [0, 0.05) is 24.7 Å². The van der Waals surface area contributed by atoms with Gasteiger partial charge in [0.1, 0.15) is 0 Å². The molecule has 170 valence electrons. The molecule has 5 heteroatoms. The average Bonchev–Trinajstić information content (AvgIpc) is 3.33. The lowest BCUT2D eigenvalue weighted by atomic mass is 9.77. The van der Waals surface area contributed by atoms with Crippen LogP contribution >= 0.6 is 0 Å². The van der Waals surface area contributed by atoms with Crippen LogP contribution in [0.3, 0.4) is 0 Å². The van der Waals surface area contributed by atoms with Crippen molar-refractivity contribution in [2.24, 2.45) is 11.8 Å². The minimum absolute atomic E-state index is 0.202. The second-order valence-electron chi connectivity index (χ2n) is 9.92. The summed E-state index contributed by atoms with van der Waals surface area (Å²) in [5.41, 5.74) is 3.45. The van der Waals surface area contributed by atoms with E-state index in [0.29, 0.717) is 29.8 Å². The zero-order valence-corrected chi connectivity index (χ0v) is 19.8. The molecule has 3 aromatic rings. The number of hydrogen-bond donors (Lipinski definition) is 1. The highest BCUT2D eigenvalue weighted by Crippen LogP contribution is 2.50. The first kappa shape index (κ1) is 20.9. The smallest absolute Gasteiger partial charge is 0.243 e. The van der Waals surface area contributed by atoms with Crippen LogP contribution in [0.15, 0.2) is 77.7 Å². The molecule has 1 aliphatic carbocycles. The Morgan fingerprint density at radius 1 is 0.939 bits per heavy atom. The number of benzene rings is 3. The van der Waals surface area contributed by atoms with Crippen molar-refractivity contribution >= 4 is 26.5 Å². The van der Waals surface area contributed by atoms with Crippen molar-refractivity contribution in [3.05, 3.63) is 83.9 Å². The summed E-state index contributed by atoms with van der Waals surface area (Å²) >= 11 is 0. The molecule has 3 aromatic carbocycles. The molecule has 0 spiro atoms. The van der Waals surface area contributed by atoms with E-state index in [0.717, 1.165) is 30.5 Å². The third-order valence-electron chi connectivity index (χ3n) is 7.85. The van der Waals surface area contributed by atoms with E-state index < -0.39 is 10.0 Å². The standard InChI is InChI=1S/C28H30N2O2S/c1-19-13-15-30(16-14-19)33(31,32)23-11-12-27-26(18-23)24-7-4-8-25(24)28(29-27)22-10-9-20-5-2-3-6-21(20)17-22/h2-7,9-12,17-19,24-25,28-29H,8,13-16H2,1H3. The van der Waals surface area contributed by atoms with Crippen molar-refractivity contribution in [2.45, 2.75) is 43.0 Å². The zero-order valence-electron chi connectivity index (χ0n) is 18.9. The first-order chi connectivity index (χ1) is 16.0. The third kappa shape index (κ3) is 3.58. The maximum absolute atomic E-state index is 13.4. The Kier molecular flexibility index (Phi) is 5.07. The summed E-state index contributed by atoms with van der Waals surface area (Å²) in [5.74, 6) is 1.21. The summed E-state index contributed by atoms with van der Waals surface area (Å²) in [6.07, 6.45) is 7.40. The predicted octanol–water partition coefficient (Wildman–Crippen LogP) is 6.09. The van der Waals surface area contributed by atoms with Gasteiger partial charge >= 0.3 is 0 Å². The summed E-state index contributed by atoms with van der Waals surface area (Å²) in [6.45, 7) is 3.44. The van der Waals surface area contributed by atoms with Crippen LogP contribution in [0.5, 0.6) is 0 Å². The fourth-order valence-corrected chi connectivity index (χ4v) is 7.34. The maximum atomic E-state index is 13.4. The first-order valence-corrected chi connectivity index (χ1v) is 13.5. The van der Waals surface area contributed by atoms with E-state index >= 15 is 0 Å². The van der Waals surface area contributed by atoms with Crippen LogP contribution in [0.4, 0.5) is 5.69 Å². The van der Waals surface area contributed by atoms with Crippen molar-refractivity contribution in [3.63, 3.8) is 0 Å². The Hall–Kier alpha value is -2.63. The molecule has 1 N–H and O–H groups in total. The van der Waals surface area contributed by atoms with Crippen LogP contribution in [-0.2, 0) is 10.0 Å². The highest BCUT2D eigenvalue weighted by Gasteiger charge is 2.39. The Morgan fingerprint density at radius 2 is 1.73 bits per heavy atom. The summed E-state index contributed by atoms with van der Waals surface area (Å²) in [4.78, 5) is 0.431. The number of fused-ring (bicyclic) bond motifs is 4. The van der Waals surface area contributed by atoms with Crippen LogP contribution in [0.2, 0.25) is 0 Å². The number of rotatable bonds is 3. The average molecular weight is 459 g/mol. The van der Waals surface area contributed by atoms with Gasteiger partial charge in [-0.2, -0.15) is 4.31 Å². The van der Waals surface area contributed by atoms with E-state index in [2.05, 4.69) is 66.9 Å². The summed E-state index contributed by atoms with van der Waals surface area (Å²) < 4.78 is 28.4. The molecular weight excluding hydrogens is 428 g/mol. The molecule has 0 aromatic heterocycles. The number of nitrogens with zero attached hydrogens (tertiary/aromatic N) is 1. The molecule has 0 amide bonds. The largest absolute Gasteiger partial charge is 0.378 e. The van der Waals surface area contributed by atoms with Gasteiger partial charge in [-0.1, -0.05) is 55.5 Å². The molecule has 6 rings (SSSR count). The topological polar surface area (TPSA) is 49.4 Å². The highest BCUT2D eigenvalue weighted by molar-refractivity contribution is 7.89. The van der Waals surface area contributed by atoms with Gasteiger partial charge < -0.3 is 5.32 Å². The van der Waals surface area contributed by atoms with E-state index in [-0.39, 0.29) is 12.0 Å². The van der Waals surface area contributed by atoms with Gasteiger partial charge in [0.2, 0.25) is 10.0 Å². The van der Waals surface area contributed by atoms with Gasteiger partial charge in [-0.3, -0.25) is 0 Å². The van der Waals surface area contributed by atoms with Crippen LogP contribution in [0.1, 0.15) is 49.3 Å². The fraction of sp³-hybridized carbons (Fsp3) is 0.357. The minimum atomic E-state index is -3.46. The Labute approximate surface area is 196 Å². The molecular formula is C28H30N2O2S. The van der Waals surface area contributed by atoms with E-state index in [1.54, 1.807) is 10.4 Å². The van der Waals surface area contributed by atoms with Gasteiger partial charge in [-0.05, 0) is 77.3 Å². The summed E-state index contributed by atoms with van der Waals surface area (Å²) in [7, 11) is -3.46. The van der Waals surface area contributed by atoms with E-state index in [1.807, 2.05) is 12.1 Å².